The van der Waals surface area contributed by atoms with Crippen LogP contribution >= 0.6 is 0 Å². The molecule has 0 saturated carbocycles. The molecule has 0 unspecified atom stereocenters. The number of aromatic nitrogens is 6. The Kier molecular flexibility index (Phi) is 7.56. The van der Waals surface area contributed by atoms with Crippen LogP contribution in [0, 0.1) is 17.7 Å². The van der Waals surface area contributed by atoms with Gasteiger partial charge in [0.2, 0.25) is 5.95 Å². The maximum absolute atomic E-state index is 13.5. The van der Waals surface area contributed by atoms with Gasteiger partial charge in [-0.3, -0.25) is 0 Å². The quantitative estimate of drug-likeness (QED) is 0.293. The molecule has 0 aliphatic rings. The molecule has 5 aromatic rings. The highest BCUT2D eigenvalue weighted by Gasteiger charge is 2.20. The summed E-state index contributed by atoms with van der Waals surface area (Å²) < 4.78 is 25.4. The molecular weight excluding hydrogens is 525 g/mol. The van der Waals surface area contributed by atoms with Gasteiger partial charge in [-0.15, -0.1) is 0 Å². The van der Waals surface area contributed by atoms with Crippen molar-refractivity contribution in [1.29, 1.82) is 0 Å². The van der Waals surface area contributed by atoms with Crippen molar-refractivity contribution in [3.63, 3.8) is 0 Å². The number of hydrogen-bond acceptors (Lipinski definition) is 9. The molecule has 206 valence electrons. The molecule has 0 fully saturated rings. The first-order valence-electron chi connectivity index (χ1n) is 12.6. The number of rotatable bonds is 5. The number of anilines is 1. The first-order valence-corrected chi connectivity index (χ1v) is 12.6. The molecule has 5 rings (SSSR count). The van der Waals surface area contributed by atoms with Crippen molar-refractivity contribution in [3.05, 3.63) is 89.8 Å². The van der Waals surface area contributed by atoms with E-state index in [-0.39, 0.29) is 5.82 Å². The molecule has 0 amide bonds. The maximum Gasteiger partial charge on any atom is 0.435 e. The largest absolute Gasteiger partial charge is 0.496 e. The summed E-state index contributed by atoms with van der Waals surface area (Å²) in [6.07, 6.45) is 4.26. The number of fused-ring (bicyclic) bond motifs is 1. The van der Waals surface area contributed by atoms with Crippen molar-refractivity contribution in [2.45, 2.75) is 32.9 Å². The minimum Gasteiger partial charge on any atom is -0.496 e. The number of ether oxygens (including phenoxy) is 2. The predicted molar refractivity (Wildman–Crippen MR) is 151 cm³/mol. The zero-order valence-corrected chi connectivity index (χ0v) is 22.8. The zero-order valence-electron chi connectivity index (χ0n) is 22.8. The molecule has 0 spiro atoms. The highest BCUT2D eigenvalue weighted by Crippen LogP contribution is 2.21. The molecule has 1 N–H and O–H groups in total. The Morgan fingerprint density at radius 2 is 1.85 bits per heavy atom. The smallest absolute Gasteiger partial charge is 0.435 e. The van der Waals surface area contributed by atoms with Gasteiger partial charge >= 0.3 is 6.09 Å². The lowest BCUT2D eigenvalue weighted by atomic mass is 10.1. The minimum atomic E-state index is -0.626. The number of methoxy groups -OCH3 is 1. The van der Waals surface area contributed by atoms with Gasteiger partial charge in [0, 0.05) is 41.5 Å². The SMILES string of the molecule is COc1cc(F)ccc1CNc1nccc(-c2nccc(C#Cc3ccc4c(cnn4C(=O)OC(C)(C)C)c3)n2)n1. The number of halogens is 1. The van der Waals surface area contributed by atoms with Crippen LogP contribution in [0.1, 0.15) is 37.6 Å². The Morgan fingerprint density at radius 1 is 1.02 bits per heavy atom. The van der Waals surface area contributed by atoms with Gasteiger partial charge in [-0.2, -0.15) is 9.78 Å². The Balaban J connectivity index is 1.31. The van der Waals surface area contributed by atoms with Crippen LogP contribution < -0.4 is 10.1 Å². The molecule has 11 heteroatoms. The first kappa shape index (κ1) is 27.2. The summed E-state index contributed by atoms with van der Waals surface area (Å²) in [7, 11) is 1.49. The van der Waals surface area contributed by atoms with Gasteiger partial charge in [-0.1, -0.05) is 12.0 Å². The Hall–Kier alpha value is -5.37. The number of carbonyl (C=O) groups is 1. The number of hydrogen-bond donors (Lipinski definition) is 1. The Morgan fingerprint density at radius 3 is 2.66 bits per heavy atom. The van der Waals surface area contributed by atoms with Crippen LogP contribution in [0.4, 0.5) is 15.1 Å². The van der Waals surface area contributed by atoms with E-state index in [1.807, 2.05) is 6.07 Å². The molecule has 41 heavy (non-hydrogen) atoms. The summed E-state index contributed by atoms with van der Waals surface area (Å²) in [4.78, 5) is 30.1. The Bertz CT molecular complexity index is 1800. The van der Waals surface area contributed by atoms with Gasteiger partial charge in [0.05, 0.1) is 18.8 Å². The van der Waals surface area contributed by atoms with E-state index in [0.29, 0.717) is 41.0 Å². The molecular formula is C30H26FN7O3. The maximum atomic E-state index is 13.5. The first-order chi connectivity index (χ1) is 19.7. The summed E-state index contributed by atoms with van der Waals surface area (Å²) in [5.74, 6) is 6.94. The van der Waals surface area contributed by atoms with Crippen LogP contribution in [-0.2, 0) is 11.3 Å². The summed E-state index contributed by atoms with van der Waals surface area (Å²) >= 11 is 0. The van der Waals surface area contributed by atoms with Crippen LogP contribution in [0.3, 0.4) is 0 Å². The van der Waals surface area contributed by atoms with Crippen molar-refractivity contribution < 1.29 is 18.7 Å². The number of carbonyl (C=O) groups excluding carboxylic acids is 1. The molecule has 0 atom stereocenters. The van der Waals surface area contributed by atoms with Gasteiger partial charge in [-0.05, 0) is 63.1 Å². The van der Waals surface area contributed by atoms with Crippen molar-refractivity contribution in [1.82, 2.24) is 29.7 Å². The molecule has 0 aliphatic carbocycles. The second-order valence-electron chi connectivity index (χ2n) is 9.90. The normalized spacial score (nSPS) is 11.0. The average Bonchev–Trinajstić information content (AvgIpc) is 3.38. The molecule has 0 bridgehead atoms. The molecule has 0 radical (unpaired) electrons. The molecule has 3 aromatic heterocycles. The highest BCUT2D eigenvalue weighted by atomic mass is 19.1. The van der Waals surface area contributed by atoms with E-state index in [4.69, 9.17) is 9.47 Å². The highest BCUT2D eigenvalue weighted by molar-refractivity contribution is 5.88. The molecule has 2 aromatic carbocycles. The van der Waals surface area contributed by atoms with Crippen molar-refractivity contribution in [3.8, 4) is 29.1 Å². The van der Waals surface area contributed by atoms with E-state index < -0.39 is 11.7 Å². The molecule has 3 heterocycles. The Labute approximate surface area is 235 Å². The molecule has 10 nitrogen and oxygen atoms in total. The van der Waals surface area contributed by atoms with Gasteiger partial charge in [-0.25, -0.2) is 29.1 Å². The topological polar surface area (TPSA) is 117 Å². The summed E-state index contributed by atoms with van der Waals surface area (Å²) in [5.41, 5.74) is 2.49. The number of benzene rings is 2. The number of nitrogens with zero attached hydrogens (tertiary/aromatic N) is 6. The lowest BCUT2D eigenvalue weighted by Crippen LogP contribution is -2.27. The van der Waals surface area contributed by atoms with Gasteiger partial charge < -0.3 is 14.8 Å². The third-order valence-electron chi connectivity index (χ3n) is 5.70. The van der Waals surface area contributed by atoms with Crippen LogP contribution in [0.25, 0.3) is 22.4 Å². The van der Waals surface area contributed by atoms with Crippen molar-refractivity contribution >= 4 is 22.9 Å². The van der Waals surface area contributed by atoms with Crippen molar-refractivity contribution in [2.75, 3.05) is 12.4 Å². The van der Waals surface area contributed by atoms with Gasteiger partial charge in [0.1, 0.15) is 28.6 Å². The van der Waals surface area contributed by atoms with E-state index in [9.17, 15) is 9.18 Å². The van der Waals surface area contributed by atoms with Gasteiger partial charge in [0.25, 0.3) is 0 Å². The summed E-state index contributed by atoms with van der Waals surface area (Å²) in [6, 6.07) is 13.2. The fourth-order valence-electron chi connectivity index (χ4n) is 3.86. The van der Waals surface area contributed by atoms with Crippen LogP contribution in [0.2, 0.25) is 0 Å². The lowest BCUT2D eigenvalue weighted by Gasteiger charge is -2.19. The third kappa shape index (κ3) is 6.62. The third-order valence-corrected chi connectivity index (χ3v) is 5.70. The van der Waals surface area contributed by atoms with Crippen LogP contribution in [0.15, 0.2) is 67.1 Å². The average molecular weight is 552 g/mol. The minimum absolute atomic E-state index is 0.334. The molecule has 0 aliphatic heterocycles. The standard InChI is InChI=1S/C30H26FN7O3/c1-30(2,3)41-29(39)38-25-10-6-19(15-21(25)18-35-38)5-9-23-11-13-32-27(36-23)24-12-14-33-28(37-24)34-17-20-7-8-22(31)16-26(20)40-4/h6-8,10-16,18H,17H2,1-4H3,(H,33,34,37). The number of nitrogens with one attached hydrogen (secondary N) is 1. The van der Waals surface area contributed by atoms with E-state index in [1.165, 1.54) is 23.9 Å². The fourth-order valence-corrected chi connectivity index (χ4v) is 3.86. The van der Waals surface area contributed by atoms with Crippen LogP contribution in [-0.4, -0.2) is 48.5 Å². The van der Waals surface area contributed by atoms with Crippen LogP contribution in [0.5, 0.6) is 5.75 Å². The molecule has 0 saturated heterocycles. The predicted octanol–water partition coefficient (Wildman–Crippen LogP) is 5.23. The fraction of sp³-hybridized carbons (Fsp3) is 0.200. The zero-order chi connectivity index (χ0) is 29.0. The summed E-state index contributed by atoms with van der Waals surface area (Å²) in [6.45, 7) is 5.74. The van der Waals surface area contributed by atoms with E-state index in [1.54, 1.807) is 69.7 Å². The lowest BCUT2D eigenvalue weighted by molar-refractivity contribution is 0.0522. The van der Waals surface area contributed by atoms with E-state index >= 15 is 0 Å². The van der Waals surface area contributed by atoms with Gasteiger partial charge in [0.15, 0.2) is 5.82 Å². The second kappa shape index (κ2) is 11.4. The second-order valence-corrected chi connectivity index (χ2v) is 9.90. The van der Waals surface area contributed by atoms with E-state index in [0.717, 1.165) is 16.5 Å². The summed E-state index contributed by atoms with van der Waals surface area (Å²) in [5, 5.41) is 8.04. The van der Waals surface area contributed by atoms with Crippen molar-refractivity contribution in [2.24, 2.45) is 0 Å². The van der Waals surface area contributed by atoms with E-state index in [2.05, 4.69) is 42.2 Å². The monoisotopic (exact) mass is 551 g/mol.